The maximum absolute atomic E-state index is 6.72. The zero-order valence-electron chi connectivity index (χ0n) is 31.3. The fourth-order valence-electron chi connectivity index (χ4n) is 8.88. The average molecular weight is 762 g/mol. The highest BCUT2D eigenvalue weighted by molar-refractivity contribution is 7.25. The van der Waals surface area contributed by atoms with Gasteiger partial charge in [0.05, 0.1) is 0 Å². The quantitative estimate of drug-likeness (QED) is 0.184. The first-order valence-electron chi connectivity index (χ1n) is 19.7. The molecule has 2 aromatic heterocycles. The first kappa shape index (κ1) is 33.1. The van der Waals surface area contributed by atoms with E-state index in [2.05, 4.69) is 199 Å². The minimum Gasteiger partial charge on any atom is -0.456 e. The predicted molar refractivity (Wildman–Crippen MR) is 244 cm³/mol. The van der Waals surface area contributed by atoms with E-state index in [0.29, 0.717) is 0 Å². The summed E-state index contributed by atoms with van der Waals surface area (Å²) in [5.74, 6) is 0.838. The van der Waals surface area contributed by atoms with Crippen LogP contribution in [-0.4, -0.2) is 5.84 Å². The molecule has 2 atom stereocenters. The molecule has 1 aliphatic heterocycles. The molecule has 58 heavy (non-hydrogen) atoms. The molecule has 0 spiro atoms. The highest BCUT2D eigenvalue weighted by atomic mass is 32.1. The Morgan fingerprint density at radius 3 is 1.98 bits per heavy atom. The van der Waals surface area contributed by atoms with Gasteiger partial charge < -0.3 is 9.73 Å². The third-order valence-electron chi connectivity index (χ3n) is 11.7. The van der Waals surface area contributed by atoms with Crippen LogP contribution in [0.1, 0.15) is 29.0 Å². The highest BCUT2D eigenvalue weighted by Gasteiger charge is 2.31. The highest BCUT2D eigenvalue weighted by Crippen LogP contribution is 2.43. The minimum atomic E-state index is -0.332. The van der Waals surface area contributed by atoms with Crippen molar-refractivity contribution in [2.24, 2.45) is 4.99 Å². The van der Waals surface area contributed by atoms with Crippen molar-refractivity contribution < 1.29 is 4.42 Å². The Hall–Kier alpha value is -7.05. The largest absolute Gasteiger partial charge is 0.456 e. The lowest BCUT2D eigenvalue weighted by Gasteiger charge is -2.33. The molecular weight excluding hydrogens is 727 g/mol. The van der Waals surface area contributed by atoms with Crippen LogP contribution in [0, 0.1) is 0 Å². The zero-order valence-corrected chi connectivity index (χ0v) is 32.1. The molecule has 0 saturated carbocycles. The second kappa shape index (κ2) is 13.3. The summed E-state index contributed by atoms with van der Waals surface area (Å²) in [6.45, 7) is 0. The van der Waals surface area contributed by atoms with Gasteiger partial charge in [-0.2, -0.15) is 0 Å². The van der Waals surface area contributed by atoms with E-state index in [1.807, 2.05) is 11.3 Å². The van der Waals surface area contributed by atoms with Crippen molar-refractivity contribution >= 4 is 80.8 Å². The molecule has 3 heterocycles. The summed E-state index contributed by atoms with van der Waals surface area (Å²) in [6, 6.07) is 67.5. The van der Waals surface area contributed by atoms with Crippen LogP contribution in [-0.2, 0) is 0 Å². The molecule has 9 aromatic carbocycles. The molecule has 0 aliphatic carbocycles. The van der Waals surface area contributed by atoms with Gasteiger partial charge in [-0.1, -0.05) is 152 Å². The number of hydrogen-bond donors (Lipinski definition) is 2. The second-order valence-corrected chi connectivity index (χ2v) is 16.3. The summed E-state index contributed by atoms with van der Waals surface area (Å²) in [6.07, 6.45) is -0.662. The van der Waals surface area contributed by atoms with Crippen LogP contribution in [0.25, 0.3) is 85.9 Å². The Balaban J connectivity index is 1.07. The minimum absolute atomic E-state index is 0.330. The normalized spacial score (nSPS) is 15.8. The first-order valence-corrected chi connectivity index (χ1v) is 20.6. The van der Waals surface area contributed by atoms with Crippen molar-refractivity contribution in [3.63, 3.8) is 0 Å². The van der Waals surface area contributed by atoms with E-state index >= 15 is 0 Å². The van der Waals surface area contributed by atoms with Crippen LogP contribution in [0.3, 0.4) is 0 Å². The van der Waals surface area contributed by atoms with E-state index in [0.717, 1.165) is 61.0 Å². The Morgan fingerprint density at radius 1 is 0.466 bits per heavy atom. The molecule has 4 nitrogen and oxygen atoms in total. The Kier molecular flexibility index (Phi) is 7.58. The van der Waals surface area contributed by atoms with E-state index in [1.165, 1.54) is 47.5 Å². The van der Waals surface area contributed by atoms with E-state index in [1.54, 1.807) is 0 Å². The van der Waals surface area contributed by atoms with Crippen LogP contribution < -0.4 is 10.6 Å². The molecular formula is C53H35N3OS. The number of nitrogens with zero attached hydrogens (tertiary/aromatic N) is 1. The van der Waals surface area contributed by atoms with Crippen molar-refractivity contribution in [1.29, 1.82) is 0 Å². The summed E-state index contributed by atoms with van der Waals surface area (Å²) in [5.41, 5.74) is 9.64. The fraction of sp³-hybridized carbons (Fsp3) is 0.0377. The van der Waals surface area contributed by atoms with Crippen LogP contribution in [0.15, 0.2) is 197 Å². The van der Waals surface area contributed by atoms with Crippen molar-refractivity contribution in [3.05, 3.63) is 205 Å². The van der Waals surface area contributed by atoms with Crippen molar-refractivity contribution in [3.8, 4) is 22.3 Å². The second-order valence-electron chi connectivity index (χ2n) is 15.2. The molecule has 2 unspecified atom stereocenters. The lowest BCUT2D eigenvalue weighted by atomic mass is 9.91. The van der Waals surface area contributed by atoms with Crippen LogP contribution in [0.2, 0.25) is 0 Å². The molecule has 11 aromatic rings. The van der Waals surface area contributed by atoms with Gasteiger partial charge in [0.2, 0.25) is 0 Å². The SMILES string of the molecule is c1ccc(-c2ccc(C3=NC(c4ccc5c(c4)sc4ccccc45)NC(c4c(-c5ccc6ccccc6c5)ccc5oc6cc7ccccc7cc6c45)N3)cc2)cc1. The van der Waals surface area contributed by atoms with Gasteiger partial charge in [-0.25, -0.2) is 4.99 Å². The topological polar surface area (TPSA) is 49.6 Å². The van der Waals surface area contributed by atoms with Gasteiger partial charge in [-0.15, -0.1) is 11.3 Å². The maximum atomic E-state index is 6.72. The predicted octanol–water partition coefficient (Wildman–Crippen LogP) is 13.9. The molecule has 0 radical (unpaired) electrons. The van der Waals surface area contributed by atoms with E-state index in [9.17, 15) is 0 Å². The smallest absolute Gasteiger partial charge is 0.136 e. The first-order chi connectivity index (χ1) is 28.7. The van der Waals surface area contributed by atoms with E-state index < -0.39 is 0 Å². The molecule has 12 rings (SSSR count). The van der Waals surface area contributed by atoms with Gasteiger partial charge in [0.1, 0.15) is 29.3 Å². The van der Waals surface area contributed by atoms with Crippen molar-refractivity contribution in [1.82, 2.24) is 10.6 Å². The van der Waals surface area contributed by atoms with Crippen LogP contribution in [0.5, 0.6) is 0 Å². The summed E-state index contributed by atoms with van der Waals surface area (Å²) in [7, 11) is 0. The molecule has 1 aliphatic rings. The number of hydrogen-bond acceptors (Lipinski definition) is 5. The van der Waals surface area contributed by atoms with Crippen LogP contribution >= 0.6 is 11.3 Å². The monoisotopic (exact) mass is 761 g/mol. The third kappa shape index (κ3) is 5.51. The molecule has 0 saturated heterocycles. The van der Waals surface area contributed by atoms with E-state index in [4.69, 9.17) is 9.41 Å². The Labute approximate surface area is 338 Å². The number of thiophene rings is 1. The fourth-order valence-corrected chi connectivity index (χ4v) is 10.0. The number of furan rings is 1. The molecule has 0 fully saturated rings. The zero-order chi connectivity index (χ0) is 38.2. The summed E-state index contributed by atoms with van der Waals surface area (Å²) >= 11 is 1.84. The molecule has 274 valence electrons. The number of nitrogens with one attached hydrogen (secondary N) is 2. The van der Waals surface area contributed by atoms with Gasteiger partial charge in [-0.3, -0.25) is 5.32 Å². The summed E-state index contributed by atoms with van der Waals surface area (Å²) in [5, 5.41) is 17.5. The average Bonchev–Trinajstić information content (AvgIpc) is 3.85. The number of rotatable bonds is 5. The van der Waals surface area contributed by atoms with Crippen LogP contribution in [0.4, 0.5) is 0 Å². The van der Waals surface area contributed by atoms with Gasteiger partial charge in [0, 0.05) is 42.1 Å². The number of amidine groups is 1. The van der Waals surface area contributed by atoms with Crippen molar-refractivity contribution in [2.75, 3.05) is 0 Å². The number of benzene rings is 9. The third-order valence-corrected chi connectivity index (χ3v) is 12.9. The Bertz CT molecular complexity index is 3420. The van der Waals surface area contributed by atoms with Gasteiger partial charge >= 0.3 is 0 Å². The van der Waals surface area contributed by atoms with E-state index in [-0.39, 0.29) is 12.3 Å². The summed E-state index contributed by atoms with van der Waals surface area (Å²) in [4.78, 5) is 5.45. The molecule has 2 N–H and O–H groups in total. The standard InChI is InChI=1S/C53H35N3OS/c1-2-10-32(11-3-1)34-18-21-35(22-19-34)51-54-52(40-24-25-43-42-16-8-9-17-47(42)58-48(43)31-40)56-53(55-51)50-41(39-23-20-33-12-4-5-13-36(33)28-39)26-27-45-49(50)44-29-37-14-6-7-15-38(37)30-46(44)57-45/h1-31,52-53,56H,(H,54,55). The lowest BCUT2D eigenvalue weighted by Crippen LogP contribution is -2.45. The molecule has 5 heteroatoms. The van der Waals surface area contributed by atoms with Gasteiger partial charge in [-0.05, 0) is 85.8 Å². The number of fused-ring (bicyclic) bond motifs is 8. The maximum Gasteiger partial charge on any atom is 0.136 e. The van der Waals surface area contributed by atoms with Gasteiger partial charge in [0.15, 0.2) is 0 Å². The molecule has 0 amide bonds. The number of aliphatic imine (C=N–C) groups is 1. The molecule has 0 bridgehead atoms. The lowest BCUT2D eigenvalue weighted by molar-refractivity contribution is 0.412. The summed E-state index contributed by atoms with van der Waals surface area (Å²) < 4.78 is 9.27. The Morgan fingerprint density at radius 2 is 1.14 bits per heavy atom. The van der Waals surface area contributed by atoms with Gasteiger partial charge in [0.25, 0.3) is 0 Å². The van der Waals surface area contributed by atoms with Crippen molar-refractivity contribution in [2.45, 2.75) is 12.3 Å².